The molecule has 15 heteroatoms. The number of hydrogen-bond donors (Lipinski definition) is 4. The predicted octanol–water partition coefficient (Wildman–Crippen LogP) is 9.38. The van der Waals surface area contributed by atoms with Crippen molar-refractivity contribution in [3.8, 4) is 0 Å². The molecule has 0 radical (unpaired) electrons. The van der Waals surface area contributed by atoms with Crippen molar-refractivity contribution in [1.29, 1.82) is 0 Å². The number of rotatable bonds is 5. The number of piperidine rings is 1. The number of primary sulfonamides is 1. The van der Waals surface area contributed by atoms with Crippen molar-refractivity contribution in [2.75, 3.05) is 24.5 Å². The van der Waals surface area contributed by atoms with Crippen LogP contribution in [0.15, 0.2) is 126 Å². The summed E-state index contributed by atoms with van der Waals surface area (Å²) in [6.07, 6.45) is 7.26. The van der Waals surface area contributed by atoms with Crippen LogP contribution in [0.2, 0.25) is 0 Å². The van der Waals surface area contributed by atoms with Crippen LogP contribution < -0.4 is 10.0 Å². The number of fused-ring (bicyclic) bond motifs is 9. The summed E-state index contributed by atoms with van der Waals surface area (Å²) in [7, 11) is -4.00. The maximum absolute atomic E-state index is 13.4. The van der Waals surface area contributed by atoms with E-state index in [2.05, 4.69) is 49.1 Å². The molecule has 5 N–H and O–H groups in total. The number of H-pyrrole nitrogens is 2. The van der Waals surface area contributed by atoms with Gasteiger partial charge in [-0.1, -0.05) is 48.6 Å². The normalized spacial score (nSPS) is 15.4. The predicted molar refractivity (Wildman–Crippen MR) is 244 cm³/mol. The van der Waals surface area contributed by atoms with Gasteiger partial charge in [-0.3, -0.25) is 4.79 Å². The molecule has 0 atom stereocenters. The highest BCUT2D eigenvalue weighted by atomic mass is 32.2. The third-order valence-electron chi connectivity index (χ3n) is 11.5. The summed E-state index contributed by atoms with van der Waals surface area (Å²) < 4.78 is 64.6. The second-order valence-electron chi connectivity index (χ2n) is 16.0. The van der Waals surface area contributed by atoms with Crippen LogP contribution >= 0.6 is 0 Å². The minimum atomic E-state index is -4.47. The molecule has 4 aliphatic heterocycles. The first-order chi connectivity index (χ1) is 30.7. The highest BCUT2D eigenvalue weighted by molar-refractivity contribution is 7.89. The first kappa shape index (κ1) is 42.2. The highest BCUT2D eigenvalue weighted by Crippen LogP contribution is 2.36. The van der Waals surface area contributed by atoms with Gasteiger partial charge in [0, 0.05) is 59.5 Å². The number of sulfonamides is 1. The maximum atomic E-state index is 13.4. The van der Waals surface area contributed by atoms with Crippen molar-refractivity contribution < 1.29 is 31.5 Å². The Hall–Kier alpha value is -7.07. The zero-order valence-corrected chi connectivity index (χ0v) is 35.1. The lowest BCUT2D eigenvalue weighted by molar-refractivity contribution is -0.138. The van der Waals surface area contributed by atoms with Gasteiger partial charge in [0.15, 0.2) is 0 Å². The Morgan fingerprint density at radius 3 is 2.14 bits per heavy atom. The average Bonchev–Trinajstić information content (AvgIpc) is 4.11. The zero-order valence-electron chi connectivity index (χ0n) is 34.3. The lowest BCUT2D eigenvalue weighted by Crippen LogP contribution is -2.48. The summed E-state index contributed by atoms with van der Waals surface area (Å²) in [6.45, 7) is 1.32. The Balaban J connectivity index is 0.000000167. The first-order valence-corrected chi connectivity index (χ1v) is 22.1. The van der Waals surface area contributed by atoms with Crippen LogP contribution in [0.5, 0.6) is 0 Å². The monoisotopic (exact) mass is 881 g/mol. The molecule has 1 amide bonds. The van der Waals surface area contributed by atoms with Crippen molar-refractivity contribution in [3.63, 3.8) is 0 Å². The van der Waals surface area contributed by atoms with E-state index in [-0.39, 0.29) is 54.4 Å². The lowest BCUT2D eigenvalue weighted by atomic mass is 9.83. The van der Waals surface area contributed by atoms with Crippen LogP contribution in [0.25, 0.3) is 52.4 Å². The topological polar surface area (TPSA) is 161 Å². The number of anilines is 2. The van der Waals surface area contributed by atoms with Crippen LogP contribution in [0, 0.1) is 0 Å². The minimum absolute atomic E-state index is 0.0458. The number of alkyl halides is 3. The molecule has 1 saturated heterocycles. The summed E-state index contributed by atoms with van der Waals surface area (Å²) in [5.41, 5.74) is 7.23. The number of amides is 1. The first-order valence-electron chi connectivity index (χ1n) is 20.6. The Morgan fingerprint density at radius 1 is 0.750 bits per heavy atom. The number of nitrogens with zero attached hydrogens (tertiary/aromatic N) is 4. The van der Waals surface area contributed by atoms with Gasteiger partial charge in [-0.2, -0.15) is 13.2 Å². The largest absolute Gasteiger partial charge is 0.416 e. The molecule has 4 aliphatic rings. The lowest BCUT2D eigenvalue weighted by Gasteiger charge is -2.38. The Labute approximate surface area is 366 Å². The number of carbonyl (C=O) groups excluding carboxylic acids is 1. The molecule has 3 aromatic heterocycles. The second kappa shape index (κ2) is 16.9. The fourth-order valence-electron chi connectivity index (χ4n) is 8.36. The number of benzene rings is 3. The Bertz CT molecular complexity index is 3150. The molecule has 6 aromatic rings. The minimum Gasteiger partial charge on any atom is -0.389 e. The van der Waals surface area contributed by atoms with E-state index in [0.29, 0.717) is 16.8 Å². The standard InChI is InChI=1S/C29H27F3N2O2.C20H15N5O2S/c30-29(31,32)25-9-3-1-7-23(25)20-28(36)15-18-33(19-16-28)27(35)22-11-13-24(14-12-22)34-17-5-8-21-6-2-4-10-26(21)34;21-28(26,27)20-18-7-5-16(24-18)10-14-3-1-12(22-14)9-13-2-4-15(23-13)11-17-6-8-19(20)25-17/h1-14,36H,15-20H2;1-11,22,24H,(H2,21,26,27). The molecular weight excluding hydrogens is 840 g/mol. The van der Waals surface area contributed by atoms with Gasteiger partial charge in [0.1, 0.15) is 4.90 Å². The van der Waals surface area contributed by atoms with E-state index < -0.39 is 27.4 Å². The van der Waals surface area contributed by atoms with E-state index in [4.69, 9.17) is 5.14 Å². The highest BCUT2D eigenvalue weighted by Gasteiger charge is 2.39. The van der Waals surface area contributed by atoms with E-state index in [1.807, 2.05) is 60.7 Å². The van der Waals surface area contributed by atoms with Gasteiger partial charge in [-0.25, -0.2) is 23.5 Å². The van der Waals surface area contributed by atoms with E-state index in [1.54, 1.807) is 53.5 Å². The average molecular weight is 882 g/mol. The Kier molecular flexibility index (Phi) is 11.2. The van der Waals surface area contributed by atoms with Crippen LogP contribution in [-0.4, -0.2) is 69.5 Å². The number of nitrogens with two attached hydrogens (primary N) is 1. The van der Waals surface area contributed by atoms with E-state index in [9.17, 15) is 31.5 Å². The second-order valence-corrected chi connectivity index (χ2v) is 17.5. The third-order valence-corrected chi connectivity index (χ3v) is 12.5. The van der Waals surface area contributed by atoms with Gasteiger partial charge in [0.25, 0.3) is 5.91 Å². The SMILES string of the molecule is NS(=O)(=O)c1c2nc(cc3nc(cc4ccc(cc5ccc1[nH]5)[nH]4)C=C3)C=C2.O=C(c1ccc(N2CC=Cc3ccccc32)cc1)N1CCC(O)(Cc2ccccc2C(F)(F)F)CC1. The van der Waals surface area contributed by atoms with Gasteiger partial charge in [0.2, 0.25) is 10.0 Å². The third kappa shape index (κ3) is 9.18. The zero-order chi connectivity index (χ0) is 44.6. The summed E-state index contributed by atoms with van der Waals surface area (Å²) >= 11 is 0. The molecule has 1 fully saturated rings. The molecule has 3 aromatic carbocycles. The molecule has 0 aliphatic carbocycles. The molecule has 0 saturated carbocycles. The van der Waals surface area contributed by atoms with Crippen LogP contribution in [0.1, 0.15) is 62.7 Å². The van der Waals surface area contributed by atoms with Crippen molar-refractivity contribution in [1.82, 2.24) is 24.8 Å². The fourth-order valence-corrected chi connectivity index (χ4v) is 9.19. The number of carbonyl (C=O) groups is 1. The van der Waals surface area contributed by atoms with Crippen LogP contribution in [-0.2, 0) is 22.6 Å². The smallest absolute Gasteiger partial charge is 0.389 e. The van der Waals surface area contributed by atoms with Crippen molar-refractivity contribution in [2.24, 2.45) is 5.14 Å². The molecule has 324 valence electrons. The summed E-state index contributed by atoms with van der Waals surface area (Å²) in [4.78, 5) is 32.3. The number of aromatic nitrogens is 4. The number of aromatic amines is 2. The molecule has 7 heterocycles. The molecule has 64 heavy (non-hydrogen) atoms. The molecular formula is C49H42F3N7O4S. The van der Waals surface area contributed by atoms with E-state index in [0.717, 1.165) is 57.5 Å². The van der Waals surface area contributed by atoms with Crippen molar-refractivity contribution >= 4 is 79.8 Å². The summed E-state index contributed by atoms with van der Waals surface area (Å²) in [5.74, 6) is -0.141. The van der Waals surface area contributed by atoms with Crippen molar-refractivity contribution in [3.05, 3.63) is 166 Å². The number of para-hydroxylation sites is 1. The molecule has 0 spiro atoms. The number of nitrogens with one attached hydrogen (secondary N) is 2. The number of likely N-dealkylation sites (tertiary alicyclic amines) is 1. The molecule has 0 unspecified atom stereocenters. The van der Waals surface area contributed by atoms with Gasteiger partial charge in [-0.05, 0) is 127 Å². The number of hydrogen-bond acceptors (Lipinski definition) is 7. The maximum Gasteiger partial charge on any atom is 0.416 e. The number of aliphatic hydroxyl groups is 1. The van der Waals surface area contributed by atoms with Crippen LogP contribution in [0.4, 0.5) is 24.5 Å². The summed E-state index contributed by atoms with van der Waals surface area (Å²) in [5, 5.41) is 16.5. The molecule has 10 rings (SSSR count). The summed E-state index contributed by atoms with van der Waals surface area (Å²) in [6, 6.07) is 34.0. The van der Waals surface area contributed by atoms with Crippen molar-refractivity contribution in [2.45, 2.75) is 35.9 Å². The molecule has 8 bridgehead atoms. The van der Waals surface area contributed by atoms with E-state index in [1.165, 1.54) is 12.1 Å². The van der Waals surface area contributed by atoms with Crippen LogP contribution in [0.3, 0.4) is 0 Å². The molecule has 11 nitrogen and oxygen atoms in total. The van der Waals surface area contributed by atoms with Gasteiger partial charge >= 0.3 is 6.18 Å². The quantitative estimate of drug-likeness (QED) is 0.134. The number of halogens is 3. The fraction of sp³-hybridized carbons (Fsp3) is 0.163. The Morgan fingerprint density at radius 2 is 1.39 bits per heavy atom. The van der Waals surface area contributed by atoms with Gasteiger partial charge < -0.3 is 24.9 Å². The van der Waals surface area contributed by atoms with E-state index >= 15 is 0 Å². The van der Waals surface area contributed by atoms with Gasteiger partial charge in [0.05, 0.1) is 39.5 Å². The van der Waals surface area contributed by atoms with Gasteiger partial charge in [-0.15, -0.1) is 0 Å².